The van der Waals surface area contributed by atoms with Gasteiger partial charge in [-0.3, -0.25) is 9.59 Å². The van der Waals surface area contributed by atoms with Crippen LogP contribution < -0.4 is 0 Å². The molecule has 4 nitrogen and oxygen atoms in total. The van der Waals surface area contributed by atoms with E-state index in [-0.39, 0.29) is 46.4 Å². The van der Waals surface area contributed by atoms with Crippen molar-refractivity contribution in [1.29, 1.82) is 0 Å². The quantitative estimate of drug-likeness (QED) is 0.299. The molecule has 0 amide bonds. The van der Waals surface area contributed by atoms with Crippen LogP contribution in [0.3, 0.4) is 0 Å². The van der Waals surface area contributed by atoms with Crippen molar-refractivity contribution in [3.05, 3.63) is 47.5 Å². The first kappa shape index (κ1) is 30.2. The summed E-state index contributed by atoms with van der Waals surface area (Å²) in [6.45, 7) is 15.8. The summed E-state index contributed by atoms with van der Waals surface area (Å²) in [5.41, 5.74) is 1.91. The van der Waals surface area contributed by atoms with Crippen LogP contribution >= 0.6 is 0 Å². The standard InChI is InChI=1S/C37H52O4/c1-8-25(22(2)3)20-31(38)23(4)28-14-15-29-27-21-32(39)34-24(5)33(41-35(40)26-12-10-9-11-13-26)17-19-37(34,7)30(27)16-18-36(28,29)6/h9-13,21-25,28-30,33-34H,8,14-20H2,1-7H3/t23-,24?,25+,28+,29-,30-,33?,34?,36+,37+/m0/s1. The molecule has 0 N–H and O–H groups in total. The monoisotopic (exact) mass is 560 g/mol. The third-order valence-electron chi connectivity index (χ3n) is 12.7. The molecular weight excluding hydrogens is 508 g/mol. The number of ketones is 2. The smallest absolute Gasteiger partial charge is 0.338 e. The highest BCUT2D eigenvalue weighted by atomic mass is 16.5. The van der Waals surface area contributed by atoms with Gasteiger partial charge in [0.15, 0.2) is 5.78 Å². The maximum atomic E-state index is 14.0. The lowest BCUT2D eigenvalue weighted by molar-refractivity contribution is -0.141. The highest BCUT2D eigenvalue weighted by Gasteiger charge is 2.61. The lowest BCUT2D eigenvalue weighted by Crippen LogP contribution is -2.56. The molecule has 0 spiro atoms. The Bertz CT molecular complexity index is 1180. The summed E-state index contributed by atoms with van der Waals surface area (Å²) in [4.78, 5) is 40.4. The Morgan fingerprint density at radius 2 is 1.61 bits per heavy atom. The van der Waals surface area contributed by atoms with Crippen molar-refractivity contribution in [2.45, 2.75) is 106 Å². The number of hydrogen-bond donors (Lipinski definition) is 0. The topological polar surface area (TPSA) is 60.4 Å². The van der Waals surface area contributed by atoms with E-state index in [4.69, 9.17) is 4.74 Å². The minimum Gasteiger partial charge on any atom is -0.458 e. The molecule has 5 rings (SSSR count). The zero-order valence-corrected chi connectivity index (χ0v) is 26.5. The summed E-state index contributed by atoms with van der Waals surface area (Å²) in [7, 11) is 0. The number of fused-ring (bicyclic) bond motifs is 5. The number of Topliss-reactive ketones (excluding diaryl/α,β-unsaturated/α-hetero) is 1. The third kappa shape index (κ3) is 5.16. The minimum absolute atomic E-state index is 0.0125. The number of hydrogen-bond acceptors (Lipinski definition) is 4. The summed E-state index contributed by atoms with van der Waals surface area (Å²) in [6, 6.07) is 9.17. The molecule has 0 heterocycles. The fourth-order valence-electron chi connectivity index (χ4n) is 10.2. The molecule has 0 bridgehead atoms. The van der Waals surface area contributed by atoms with Crippen LogP contribution in [0.2, 0.25) is 0 Å². The molecule has 41 heavy (non-hydrogen) atoms. The summed E-state index contributed by atoms with van der Waals surface area (Å²) >= 11 is 0. The van der Waals surface area contributed by atoms with Gasteiger partial charge in [-0.1, -0.05) is 78.7 Å². The fraction of sp³-hybridized carbons (Fsp3) is 0.703. The molecule has 0 aromatic heterocycles. The van der Waals surface area contributed by atoms with Gasteiger partial charge in [-0.05, 0) is 97.2 Å². The maximum absolute atomic E-state index is 14.0. The molecule has 10 atom stereocenters. The van der Waals surface area contributed by atoms with Crippen LogP contribution in [0.1, 0.15) is 110 Å². The Kier molecular flexibility index (Phi) is 8.45. The van der Waals surface area contributed by atoms with Crippen LogP contribution in [0, 0.1) is 58.2 Å². The second-order valence-electron chi connectivity index (χ2n) is 14.9. The van der Waals surface area contributed by atoms with Gasteiger partial charge in [-0.25, -0.2) is 4.79 Å². The molecular formula is C37H52O4. The summed E-state index contributed by atoms with van der Waals surface area (Å²) in [6.07, 6.45) is 9.62. The van der Waals surface area contributed by atoms with E-state index >= 15 is 0 Å². The number of ether oxygens (including phenoxy) is 1. The van der Waals surface area contributed by atoms with Crippen molar-refractivity contribution in [3.63, 3.8) is 0 Å². The molecule has 1 aromatic carbocycles. The average molecular weight is 561 g/mol. The first-order valence-corrected chi connectivity index (χ1v) is 16.5. The van der Waals surface area contributed by atoms with E-state index < -0.39 is 0 Å². The SMILES string of the molecule is CC[C@H](CC(=O)[C@@H](C)[C@H]1CC[C@H]2C3=CC(=O)C4C(C)C(OC(=O)c5ccccc5)CC[C@]4(C)[C@H]3CC[C@]12C)C(C)C. The van der Waals surface area contributed by atoms with Crippen molar-refractivity contribution in [1.82, 2.24) is 0 Å². The van der Waals surface area contributed by atoms with E-state index in [1.54, 1.807) is 12.1 Å². The van der Waals surface area contributed by atoms with Gasteiger partial charge >= 0.3 is 5.97 Å². The molecule has 3 saturated carbocycles. The van der Waals surface area contributed by atoms with Gasteiger partial charge < -0.3 is 4.74 Å². The van der Waals surface area contributed by atoms with Gasteiger partial charge in [0.05, 0.1) is 5.56 Å². The lowest BCUT2D eigenvalue weighted by Gasteiger charge is -2.58. The zero-order chi connectivity index (χ0) is 29.7. The van der Waals surface area contributed by atoms with Gasteiger partial charge in [-0.15, -0.1) is 0 Å². The van der Waals surface area contributed by atoms with Crippen LogP contribution in [-0.4, -0.2) is 23.6 Å². The second kappa shape index (κ2) is 11.5. The van der Waals surface area contributed by atoms with Gasteiger partial charge in [0.25, 0.3) is 0 Å². The van der Waals surface area contributed by atoms with E-state index in [2.05, 4.69) is 48.5 Å². The third-order valence-corrected chi connectivity index (χ3v) is 12.7. The van der Waals surface area contributed by atoms with Crippen molar-refractivity contribution in [3.8, 4) is 0 Å². The normalized spacial score (nSPS) is 37.9. The van der Waals surface area contributed by atoms with Crippen molar-refractivity contribution in [2.24, 2.45) is 58.2 Å². The Morgan fingerprint density at radius 1 is 0.951 bits per heavy atom. The van der Waals surface area contributed by atoms with E-state index in [1.165, 1.54) is 5.57 Å². The Hall–Kier alpha value is -2.23. The highest BCUT2D eigenvalue weighted by molar-refractivity contribution is 5.95. The van der Waals surface area contributed by atoms with E-state index in [9.17, 15) is 14.4 Å². The molecule has 4 heteroatoms. The van der Waals surface area contributed by atoms with Crippen LogP contribution in [-0.2, 0) is 14.3 Å². The number of rotatable bonds is 8. The molecule has 4 aliphatic carbocycles. The maximum Gasteiger partial charge on any atom is 0.338 e. The number of benzene rings is 1. The van der Waals surface area contributed by atoms with E-state index in [0.29, 0.717) is 47.4 Å². The highest BCUT2D eigenvalue weighted by Crippen LogP contribution is 2.67. The van der Waals surface area contributed by atoms with Crippen LogP contribution in [0.5, 0.6) is 0 Å². The van der Waals surface area contributed by atoms with Gasteiger partial charge in [0, 0.05) is 24.2 Å². The molecule has 4 aliphatic rings. The van der Waals surface area contributed by atoms with E-state index in [1.807, 2.05) is 24.3 Å². The Morgan fingerprint density at radius 3 is 2.27 bits per heavy atom. The van der Waals surface area contributed by atoms with Crippen molar-refractivity contribution < 1.29 is 19.1 Å². The van der Waals surface area contributed by atoms with Crippen LogP contribution in [0.25, 0.3) is 0 Å². The average Bonchev–Trinajstić information content (AvgIpc) is 3.30. The summed E-state index contributed by atoms with van der Waals surface area (Å²) in [5, 5.41) is 0. The lowest BCUT2D eigenvalue weighted by atomic mass is 9.46. The molecule has 3 fully saturated rings. The Balaban J connectivity index is 1.34. The van der Waals surface area contributed by atoms with Crippen LogP contribution in [0.4, 0.5) is 0 Å². The number of allylic oxidation sites excluding steroid dienone is 2. The molecule has 0 saturated heterocycles. The summed E-state index contributed by atoms with van der Waals surface area (Å²) in [5.74, 6) is 2.49. The van der Waals surface area contributed by atoms with Crippen molar-refractivity contribution in [2.75, 3.05) is 0 Å². The minimum atomic E-state index is -0.293. The number of carbonyl (C=O) groups excluding carboxylic acids is 3. The van der Waals surface area contributed by atoms with Gasteiger partial charge in [-0.2, -0.15) is 0 Å². The fourth-order valence-corrected chi connectivity index (χ4v) is 10.2. The summed E-state index contributed by atoms with van der Waals surface area (Å²) < 4.78 is 6.02. The number of carbonyl (C=O) groups is 3. The second-order valence-corrected chi connectivity index (χ2v) is 14.9. The first-order chi connectivity index (χ1) is 19.4. The van der Waals surface area contributed by atoms with E-state index in [0.717, 1.165) is 44.9 Å². The first-order valence-electron chi connectivity index (χ1n) is 16.5. The zero-order valence-electron chi connectivity index (χ0n) is 26.5. The molecule has 0 radical (unpaired) electrons. The van der Waals surface area contributed by atoms with Crippen LogP contribution in [0.15, 0.2) is 42.0 Å². The predicted octanol–water partition coefficient (Wildman–Crippen LogP) is 8.49. The molecule has 0 aliphatic heterocycles. The molecule has 1 aromatic rings. The molecule has 224 valence electrons. The predicted molar refractivity (Wildman–Crippen MR) is 163 cm³/mol. The van der Waals surface area contributed by atoms with Crippen molar-refractivity contribution >= 4 is 17.5 Å². The van der Waals surface area contributed by atoms with Gasteiger partial charge in [0.2, 0.25) is 0 Å². The molecule has 3 unspecified atom stereocenters. The number of esters is 1. The van der Waals surface area contributed by atoms with Gasteiger partial charge in [0.1, 0.15) is 11.9 Å². The largest absolute Gasteiger partial charge is 0.458 e. The Labute approximate surface area is 248 Å².